The Morgan fingerprint density at radius 2 is 1.66 bits per heavy atom. The molecule has 0 heterocycles. The van der Waals surface area contributed by atoms with E-state index in [0.717, 1.165) is 19.3 Å². The average Bonchev–Trinajstić information content (AvgIpc) is 2.80. The number of carbonyl (C=O) groups excluding carboxylic acids is 1. The van der Waals surface area contributed by atoms with Crippen LogP contribution in [0, 0.1) is 0 Å². The van der Waals surface area contributed by atoms with Crippen LogP contribution in [0.2, 0.25) is 0 Å². The standard InChI is InChI=1S/C25H28N2O4S/c1-3-5-9-19-12-14-21(15-13-19)27-32(29,30)22-16-17-24(31-4-2)23(18-22)26-25(28)20-10-7-6-8-11-20/h6-8,10-18,27H,3-5,9H2,1-2H3,(H,26,28). The summed E-state index contributed by atoms with van der Waals surface area (Å²) in [7, 11) is -3.85. The van der Waals surface area contributed by atoms with Gasteiger partial charge in [0.1, 0.15) is 5.75 Å². The molecule has 0 radical (unpaired) electrons. The molecule has 3 rings (SSSR count). The van der Waals surface area contributed by atoms with Crippen LogP contribution in [0.5, 0.6) is 5.75 Å². The van der Waals surface area contributed by atoms with Gasteiger partial charge in [-0.1, -0.05) is 43.7 Å². The topological polar surface area (TPSA) is 84.5 Å². The highest BCUT2D eigenvalue weighted by Crippen LogP contribution is 2.29. The van der Waals surface area contributed by atoms with E-state index in [4.69, 9.17) is 4.74 Å². The number of anilines is 2. The molecular formula is C25H28N2O4S. The van der Waals surface area contributed by atoms with Gasteiger partial charge in [-0.3, -0.25) is 9.52 Å². The van der Waals surface area contributed by atoms with E-state index < -0.39 is 10.0 Å². The fourth-order valence-corrected chi connectivity index (χ4v) is 4.26. The van der Waals surface area contributed by atoms with Gasteiger partial charge in [0.05, 0.1) is 17.2 Å². The summed E-state index contributed by atoms with van der Waals surface area (Å²) in [6.07, 6.45) is 3.16. The van der Waals surface area contributed by atoms with Crippen LogP contribution in [-0.2, 0) is 16.4 Å². The highest BCUT2D eigenvalue weighted by molar-refractivity contribution is 7.92. The van der Waals surface area contributed by atoms with E-state index in [2.05, 4.69) is 17.0 Å². The Morgan fingerprint density at radius 1 is 0.938 bits per heavy atom. The monoisotopic (exact) mass is 452 g/mol. The van der Waals surface area contributed by atoms with Crippen molar-refractivity contribution < 1.29 is 17.9 Å². The second kappa shape index (κ2) is 10.8. The van der Waals surface area contributed by atoms with E-state index >= 15 is 0 Å². The third kappa shape index (κ3) is 6.11. The number of carbonyl (C=O) groups is 1. The second-order valence-corrected chi connectivity index (χ2v) is 9.00. The maximum atomic E-state index is 13.0. The number of amides is 1. The highest BCUT2D eigenvalue weighted by Gasteiger charge is 2.18. The summed E-state index contributed by atoms with van der Waals surface area (Å²) >= 11 is 0. The van der Waals surface area contributed by atoms with Crippen molar-refractivity contribution in [1.82, 2.24) is 0 Å². The van der Waals surface area contributed by atoms with Crippen molar-refractivity contribution >= 4 is 27.3 Å². The van der Waals surface area contributed by atoms with Crippen LogP contribution >= 0.6 is 0 Å². The summed E-state index contributed by atoms with van der Waals surface area (Å²) in [4.78, 5) is 12.6. The molecule has 0 atom stereocenters. The van der Waals surface area contributed by atoms with Crippen molar-refractivity contribution in [3.63, 3.8) is 0 Å². The van der Waals surface area contributed by atoms with Gasteiger partial charge < -0.3 is 10.1 Å². The molecule has 0 bridgehead atoms. The Labute approximate surface area is 189 Å². The Hall–Kier alpha value is -3.32. The minimum Gasteiger partial charge on any atom is -0.492 e. The van der Waals surface area contributed by atoms with Crippen LogP contribution in [0.15, 0.2) is 77.7 Å². The summed E-state index contributed by atoms with van der Waals surface area (Å²) in [6, 6.07) is 20.5. The number of benzene rings is 3. The number of rotatable bonds is 10. The normalized spacial score (nSPS) is 11.1. The number of aryl methyl sites for hydroxylation is 1. The molecule has 32 heavy (non-hydrogen) atoms. The molecular weight excluding hydrogens is 424 g/mol. The van der Waals surface area contributed by atoms with Crippen molar-refractivity contribution in [3.8, 4) is 5.75 Å². The molecule has 168 valence electrons. The molecule has 0 saturated heterocycles. The van der Waals surface area contributed by atoms with Crippen molar-refractivity contribution in [2.24, 2.45) is 0 Å². The fraction of sp³-hybridized carbons (Fsp3) is 0.240. The predicted molar refractivity (Wildman–Crippen MR) is 128 cm³/mol. The lowest BCUT2D eigenvalue weighted by atomic mass is 10.1. The van der Waals surface area contributed by atoms with E-state index in [1.807, 2.05) is 25.1 Å². The van der Waals surface area contributed by atoms with E-state index in [-0.39, 0.29) is 10.8 Å². The van der Waals surface area contributed by atoms with Crippen LogP contribution in [0.1, 0.15) is 42.6 Å². The predicted octanol–water partition coefficient (Wildman–Crippen LogP) is 5.48. The summed E-state index contributed by atoms with van der Waals surface area (Å²) in [5, 5.41) is 2.76. The maximum absolute atomic E-state index is 13.0. The first-order chi connectivity index (χ1) is 15.4. The van der Waals surface area contributed by atoms with Gasteiger partial charge in [-0.15, -0.1) is 0 Å². The molecule has 0 unspecified atom stereocenters. The molecule has 0 aromatic heterocycles. The molecule has 0 saturated carbocycles. The Balaban J connectivity index is 1.83. The van der Waals surface area contributed by atoms with Gasteiger partial charge in [0.25, 0.3) is 15.9 Å². The first-order valence-electron chi connectivity index (χ1n) is 10.7. The molecule has 2 N–H and O–H groups in total. The third-order valence-electron chi connectivity index (χ3n) is 4.87. The lowest BCUT2D eigenvalue weighted by Crippen LogP contribution is -2.16. The van der Waals surface area contributed by atoms with E-state index in [1.165, 1.54) is 17.7 Å². The molecule has 0 aliphatic rings. The van der Waals surface area contributed by atoms with Gasteiger partial charge in [-0.05, 0) is 67.8 Å². The Morgan fingerprint density at radius 3 is 2.31 bits per heavy atom. The fourth-order valence-electron chi connectivity index (χ4n) is 3.17. The number of ether oxygens (including phenoxy) is 1. The molecule has 0 fully saturated rings. The lowest BCUT2D eigenvalue weighted by molar-refractivity contribution is 0.102. The first kappa shape index (κ1) is 23.3. The van der Waals surface area contributed by atoms with Crippen molar-refractivity contribution in [2.75, 3.05) is 16.6 Å². The highest BCUT2D eigenvalue weighted by atomic mass is 32.2. The number of unbranched alkanes of at least 4 members (excludes halogenated alkanes) is 1. The van der Waals surface area contributed by atoms with Gasteiger partial charge in [0, 0.05) is 11.3 Å². The van der Waals surface area contributed by atoms with Crippen LogP contribution < -0.4 is 14.8 Å². The van der Waals surface area contributed by atoms with E-state index in [1.54, 1.807) is 42.5 Å². The largest absolute Gasteiger partial charge is 0.492 e. The Bertz CT molecular complexity index is 1140. The molecule has 6 nitrogen and oxygen atoms in total. The summed E-state index contributed by atoms with van der Waals surface area (Å²) in [6.45, 7) is 4.33. The van der Waals surface area contributed by atoms with E-state index in [0.29, 0.717) is 29.3 Å². The molecule has 0 aliphatic heterocycles. The van der Waals surface area contributed by atoms with Crippen molar-refractivity contribution in [2.45, 2.75) is 38.0 Å². The summed E-state index contributed by atoms with van der Waals surface area (Å²) in [5.41, 5.74) is 2.40. The van der Waals surface area contributed by atoms with Crippen LogP contribution in [0.4, 0.5) is 11.4 Å². The SMILES string of the molecule is CCCCc1ccc(NS(=O)(=O)c2ccc(OCC)c(NC(=O)c3ccccc3)c2)cc1. The van der Waals surface area contributed by atoms with Crippen molar-refractivity contribution in [3.05, 3.63) is 83.9 Å². The quantitative estimate of drug-likeness (QED) is 0.426. The van der Waals surface area contributed by atoms with Gasteiger partial charge in [0.15, 0.2) is 0 Å². The Kier molecular flexibility index (Phi) is 7.89. The molecule has 3 aromatic rings. The maximum Gasteiger partial charge on any atom is 0.261 e. The zero-order valence-corrected chi connectivity index (χ0v) is 19.1. The van der Waals surface area contributed by atoms with Gasteiger partial charge in [-0.2, -0.15) is 0 Å². The lowest BCUT2D eigenvalue weighted by Gasteiger charge is -2.14. The zero-order valence-electron chi connectivity index (χ0n) is 18.3. The van der Waals surface area contributed by atoms with Gasteiger partial charge >= 0.3 is 0 Å². The third-order valence-corrected chi connectivity index (χ3v) is 6.25. The molecule has 0 aliphatic carbocycles. The number of hydrogen-bond donors (Lipinski definition) is 2. The molecule has 0 spiro atoms. The number of nitrogens with one attached hydrogen (secondary N) is 2. The molecule has 3 aromatic carbocycles. The van der Waals surface area contributed by atoms with Crippen molar-refractivity contribution in [1.29, 1.82) is 0 Å². The average molecular weight is 453 g/mol. The number of sulfonamides is 1. The smallest absolute Gasteiger partial charge is 0.261 e. The minimum absolute atomic E-state index is 0.0272. The summed E-state index contributed by atoms with van der Waals surface area (Å²) < 4.78 is 34.1. The molecule has 1 amide bonds. The van der Waals surface area contributed by atoms with E-state index in [9.17, 15) is 13.2 Å². The minimum atomic E-state index is -3.85. The van der Waals surface area contributed by atoms with Crippen LogP contribution in [0.25, 0.3) is 0 Å². The number of hydrogen-bond acceptors (Lipinski definition) is 4. The zero-order chi connectivity index (χ0) is 23.0. The van der Waals surface area contributed by atoms with Crippen LogP contribution in [0.3, 0.4) is 0 Å². The first-order valence-corrected chi connectivity index (χ1v) is 12.2. The summed E-state index contributed by atoms with van der Waals surface area (Å²) in [5.74, 6) is 0.0488. The molecule has 7 heteroatoms. The van der Waals surface area contributed by atoms with Gasteiger partial charge in [0.2, 0.25) is 0 Å². The second-order valence-electron chi connectivity index (χ2n) is 7.32. The van der Waals surface area contributed by atoms with Crippen LogP contribution in [-0.4, -0.2) is 20.9 Å². The van der Waals surface area contributed by atoms with Gasteiger partial charge in [-0.25, -0.2) is 8.42 Å².